The maximum atomic E-state index is 10.9. The Morgan fingerprint density at radius 2 is 2.32 bits per heavy atom. The van der Waals surface area contributed by atoms with Crippen LogP contribution in [0, 0.1) is 6.92 Å². The smallest absolute Gasteiger partial charge is 0.339 e. The lowest BCUT2D eigenvalue weighted by Gasteiger charge is -2.19. The van der Waals surface area contributed by atoms with E-state index in [1.54, 1.807) is 13.2 Å². The maximum absolute atomic E-state index is 10.9. The molecular weight excluding hydrogens is 246 g/mol. The van der Waals surface area contributed by atoms with Crippen LogP contribution in [0.1, 0.15) is 28.7 Å². The van der Waals surface area contributed by atoms with Gasteiger partial charge < -0.3 is 14.4 Å². The number of aromatic carboxylic acids is 1. The minimum atomic E-state index is -1.02. The van der Waals surface area contributed by atoms with Crippen LogP contribution in [0.5, 0.6) is 0 Å². The Morgan fingerprint density at radius 3 is 2.84 bits per heavy atom. The van der Waals surface area contributed by atoms with Gasteiger partial charge in [0.05, 0.1) is 24.1 Å². The van der Waals surface area contributed by atoms with Gasteiger partial charge >= 0.3 is 5.97 Å². The molecule has 2 heterocycles. The van der Waals surface area contributed by atoms with Gasteiger partial charge in [0, 0.05) is 12.7 Å². The summed E-state index contributed by atoms with van der Waals surface area (Å²) in [6.45, 7) is 4.89. The van der Waals surface area contributed by atoms with Gasteiger partial charge in [-0.05, 0) is 26.0 Å². The largest absolute Gasteiger partial charge is 0.478 e. The first-order chi connectivity index (χ1) is 9.11. The van der Waals surface area contributed by atoms with Gasteiger partial charge in [-0.25, -0.2) is 14.8 Å². The van der Waals surface area contributed by atoms with E-state index < -0.39 is 5.97 Å². The highest BCUT2D eigenvalue weighted by Gasteiger charge is 2.14. The Balaban J connectivity index is 2.23. The van der Waals surface area contributed by atoms with Crippen LogP contribution >= 0.6 is 0 Å². The number of carboxylic acids is 1. The lowest BCUT2D eigenvalue weighted by Crippen LogP contribution is -2.24. The van der Waals surface area contributed by atoms with Gasteiger partial charge in [-0.1, -0.05) is 0 Å². The van der Waals surface area contributed by atoms with Crippen LogP contribution in [-0.4, -0.2) is 27.6 Å². The van der Waals surface area contributed by atoms with Gasteiger partial charge in [-0.3, -0.25) is 0 Å². The molecular formula is C13H15N3O3. The number of aromatic nitrogens is 2. The summed E-state index contributed by atoms with van der Waals surface area (Å²) in [5.74, 6) is 0.296. The van der Waals surface area contributed by atoms with E-state index in [9.17, 15) is 4.79 Å². The van der Waals surface area contributed by atoms with Gasteiger partial charge in [0.1, 0.15) is 5.76 Å². The number of carboxylic acid groups (broad SMARTS) is 1. The fraction of sp³-hybridized carbons (Fsp3) is 0.308. The number of nitrogens with zero attached hydrogens (tertiary/aromatic N) is 3. The molecule has 0 aromatic carbocycles. The van der Waals surface area contributed by atoms with Crippen molar-refractivity contribution in [3.05, 3.63) is 41.6 Å². The second-order valence-corrected chi connectivity index (χ2v) is 4.07. The molecule has 0 amide bonds. The van der Waals surface area contributed by atoms with Crippen LogP contribution in [0.25, 0.3) is 0 Å². The molecule has 2 rings (SSSR count). The fourth-order valence-electron chi connectivity index (χ4n) is 1.73. The second-order valence-electron chi connectivity index (χ2n) is 4.07. The van der Waals surface area contributed by atoms with Crippen molar-refractivity contribution in [2.24, 2.45) is 0 Å². The first kappa shape index (κ1) is 13.1. The molecule has 1 N–H and O–H groups in total. The number of anilines is 1. The van der Waals surface area contributed by atoms with Crippen LogP contribution in [0.15, 0.2) is 29.0 Å². The predicted octanol–water partition coefficient (Wildman–Crippen LogP) is 2.10. The molecule has 0 aliphatic heterocycles. The second kappa shape index (κ2) is 5.51. The Hall–Kier alpha value is -2.37. The quantitative estimate of drug-likeness (QED) is 0.887. The van der Waals surface area contributed by atoms with Crippen molar-refractivity contribution in [3.63, 3.8) is 0 Å². The predicted molar refractivity (Wildman–Crippen MR) is 69.2 cm³/mol. The monoisotopic (exact) mass is 261 g/mol. The summed E-state index contributed by atoms with van der Waals surface area (Å²) in [7, 11) is 0. The number of hydrogen-bond acceptors (Lipinski definition) is 5. The van der Waals surface area contributed by atoms with Crippen LogP contribution in [0.4, 0.5) is 5.95 Å². The molecule has 19 heavy (non-hydrogen) atoms. The zero-order chi connectivity index (χ0) is 13.8. The van der Waals surface area contributed by atoms with Gasteiger partial charge in [0.15, 0.2) is 0 Å². The lowest BCUT2D eigenvalue weighted by molar-refractivity contribution is 0.0695. The molecule has 2 aromatic heterocycles. The first-order valence-corrected chi connectivity index (χ1v) is 5.96. The van der Waals surface area contributed by atoms with E-state index in [2.05, 4.69) is 9.97 Å². The Morgan fingerprint density at radius 1 is 1.53 bits per heavy atom. The molecule has 0 atom stereocenters. The van der Waals surface area contributed by atoms with Gasteiger partial charge in [-0.15, -0.1) is 0 Å². The van der Waals surface area contributed by atoms with E-state index in [-0.39, 0.29) is 5.56 Å². The average Bonchev–Trinajstić information content (AvgIpc) is 2.88. The van der Waals surface area contributed by atoms with Crippen LogP contribution in [-0.2, 0) is 6.54 Å². The lowest BCUT2D eigenvalue weighted by atomic mass is 10.2. The highest BCUT2D eigenvalue weighted by molar-refractivity contribution is 5.88. The zero-order valence-electron chi connectivity index (χ0n) is 10.8. The van der Waals surface area contributed by atoms with E-state index in [0.29, 0.717) is 24.7 Å². The molecule has 0 saturated heterocycles. The normalized spacial score (nSPS) is 10.4. The van der Waals surface area contributed by atoms with Gasteiger partial charge in [0.25, 0.3) is 0 Å². The number of aryl methyl sites for hydroxylation is 1. The molecule has 0 aliphatic carbocycles. The number of carbonyl (C=O) groups is 1. The van der Waals surface area contributed by atoms with Crippen molar-refractivity contribution in [2.45, 2.75) is 20.4 Å². The van der Waals surface area contributed by atoms with Crippen LogP contribution in [0.3, 0.4) is 0 Å². The van der Waals surface area contributed by atoms with E-state index in [1.165, 1.54) is 6.20 Å². The summed E-state index contributed by atoms with van der Waals surface area (Å²) in [5.41, 5.74) is 0.577. The third-order valence-electron chi connectivity index (χ3n) is 2.79. The van der Waals surface area contributed by atoms with Crippen LogP contribution in [0.2, 0.25) is 0 Å². The van der Waals surface area contributed by atoms with E-state index in [1.807, 2.05) is 24.0 Å². The van der Waals surface area contributed by atoms with Crippen molar-refractivity contribution in [3.8, 4) is 0 Å². The Labute approximate surface area is 110 Å². The Kier molecular flexibility index (Phi) is 3.79. The first-order valence-electron chi connectivity index (χ1n) is 5.96. The average molecular weight is 261 g/mol. The topological polar surface area (TPSA) is 79.5 Å². The molecule has 0 spiro atoms. The van der Waals surface area contributed by atoms with Crippen molar-refractivity contribution in [1.29, 1.82) is 0 Å². The number of rotatable bonds is 5. The number of hydrogen-bond donors (Lipinski definition) is 1. The third kappa shape index (κ3) is 2.90. The zero-order valence-corrected chi connectivity index (χ0v) is 10.8. The van der Waals surface area contributed by atoms with Crippen molar-refractivity contribution >= 4 is 11.9 Å². The van der Waals surface area contributed by atoms with Crippen molar-refractivity contribution < 1.29 is 14.3 Å². The van der Waals surface area contributed by atoms with E-state index >= 15 is 0 Å². The molecule has 0 saturated carbocycles. The highest BCUT2D eigenvalue weighted by atomic mass is 16.4. The number of furan rings is 1. The highest BCUT2D eigenvalue weighted by Crippen LogP contribution is 2.14. The molecule has 100 valence electrons. The minimum absolute atomic E-state index is 0.123. The van der Waals surface area contributed by atoms with E-state index in [4.69, 9.17) is 9.52 Å². The fourth-order valence-corrected chi connectivity index (χ4v) is 1.73. The summed E-state index contributed by atoms with van der Waals surface area (Å²) in [6.07, 6.45) is 2.95. The van der Waals surface area contributed by atoms with Gasteiger partial charge in [0.2, 0.25) is 5.95 Å². The molecule has 0 bridgehead atoms. The summed E-state index contributed by atoms with van der Waals surface area (Å²) in [6, 6.07) is 3.70. The summed E-state index contributed by atoms with van der Waals surface area (Å²) in [5, 5.41) is 8.95. The summed E-state index contributed by atoms with van der Waals surface area (Å²) >= 11 is 0. The third-order valence-corrected chi connectivity index (χ3v) is 2.79. The van der Waals surface area contributed by atoms with Gasteiger partial charge in [-0.2, -0.15) is 0 Å². The maximum Gasteiger partial charge on any atom is 0.339 e. The molecule has 0 aliphatic rings. The molecule has 6 heteroatoms. The van der Waals surface area contributed by atoms with E-state index in [0.717, 1.165) is 5.76 Å². The SMILES string of the molecule is CCN(Cc1ccco1)c1ncc(C(=O)O)c(C)n1. The molecule has 0 unspecified atom stereocenters. The summed E-state index contributed by atoms with van der Waals surface area (Å²) in [4.78, 5) is 21.2. The summed E-state index contributed by atoms with van der Waals surface area (Å²) < 4.78 is 5.29. The van der Waals surface area contributed by atoms with Crippen molar-refractivity contribution in [2.75, 3.05) is 11.4 Å². The molecule has 6 nitrogen and oxygen atoms in total. The van der Waals surface area contributed by atoms with Crippen molar-refractivity contribution in [1.82, 2.24) is 9.97 Å². The molecule has 2 aromatic rings. The standard InChI is InChI=1S/C13H15N3O3/c1-3-16(8-10-5-4-6-19-10)13-14-7-11(12(17)18)9(2)15-13/h4-7H,3,8H2,1-2H3,(H,17,18). The molecule has 0 radical (unpaired) electrons. The Bertz CT molecular complexity index is 567. The van der Waals surface area contributed by atoms with Crippen LogP contribution < -0.4 is 4.90 Å². The molecule has 0 fully saturated rings. The minimum Gasteiger partial charge on any atom is -0.478 e.